The summed E-state index contributed by atoms with van der Waals surface area (Å²) in [6.45, 7) is 0. The summed E-state index contributed by atoms with van der Waals surface area (Å²) in [7, 11) is 1.35. The zero-order valence-electron chi connectivity index (χ0n) is 13.2. The van der Waals surface area contributed by atoms with E-state index < -0.39 is 17.6 Å². The Morgan fingerprint density at radius 2 is 1.83 bits per heavy atom. The van der Waals surface area contributed by atoms with E-state index in [0.717, 1.165) is 10.9 Å². The number of ether oxygens (including phenoxy) is 1. The van der Waals surface area contributed by atoms with E-state index in [4.69, 9.17) is 9.15 Å². The Labute approximate surface area is 138 Å². The molecule has 0 bridgehead atoms. The van der Waals surface area contributed by atoms with Gasteiger partial charge in [0.25, 0.3) is 0 Å². The van der Waals surface area contributed by atoms with Crippen LogP contribution in [0.3, 0.4) is 0 Å². The SMILES string of the molecule is COC(=O)[C@H](Cc1ccccc1)Nc1cc(=O)oc2ccccc12. The largest absolute Gasteiger partial charge is 0.467 e. The van der Waals surface area contributed by atoms with E-state index in [0.29, 0.717) is 17.7 Å². The molecule has 3 rings (SSSR count). The first-order valence-electron chi connectivity index (χ1n) is 7.58. The molecule has 0 aliphatic heterocycles. The zero-order valence-corrected chi connectivity index (χ0v) is 13.2. The number of carbonyl (C=O) groups is 1. The average Bonchev–Trinajstić information content (AvgIpc) is 2.61. The molecule has 0 spiro atoms. The van der Waals surface area contributed by atoms with Gasteiger partial charge in [0.1, 0.15) is 11.6 Å². The summed E-state index contributed by atoms with van der Waals surface area (Å²) < 4.78 is 10.1. The van der Waals surface area contributed by atoms with E-state index in [-0.39, 0.29) is 0 Å². The predicted molar refractivity (Wildman–Crippen MR) is 92.1 cm³/mol. The molecule has 1 aromatic heterocycles. The van der Waals surface area contributed by atoms with Crippen LogP contribution in [-0.4, -0.2) is 19.1 Å². The normalized spacial score (nSPS) is 11.9. The third kappa shape index (κ3) is 3.46. The standard InChI is InChI=1S/C19H17NO4/c1-23-19(22)16(11-13-7-3-2-4-8-13)20-15-12-18(21)24-17-10-6-5-9-14(15)17/h2-10,12,16,20H,11H2,1H3/t16-/m0/s1. The van der Waals surface area contributed by atoms with E-state index in [2.05, 4.69) is 5.32 Å². The fourth-order valence-electron chi connectivity index (χ4n) is 2.60. The summed E-state index contributed by atoms with van der Waals surface area (Å²) in [4.78, 5) is 23.9. The van der Waals surface area contributed by atoms with Crippen molar-refractivity contribution in [3.63, 3.8) is 0 Å². The lowest BCUT2D eigenvalue weighted by atomic mass is 10.1. The van der Waals surface area contributed by atoms with Gasteiger partial charge >= 0.3 is 11.6 Å². The minimum absolute atomic E-state index is 0.392. The van der Waals surface area contributed by atoms with Crippen LogP contribution in [0.4, 0.5) is 5.69 Å². The minimum atomic E-state index is -0.609. The van der Waals surface area contributed by atoms with Crippen LogP contribution < -0.4 is 10.9 Å². The third-order valence-corrected chi connectivity index (χ3v) is 3.75. The number of esters is 1. The Bertz CT molecular complexity index is 902. The molecule has 5 nitrogen and oxygen atoms in total. The average molecular weight is 323 g/mol. The van der Waals surface area contributed by atoms with Crippen molar-refractivity contribution in [1.29, 1.82) is 0 Å². The highest BCUT2D eigenvalue weighted by molar-refractivity contribution is 5.91. The van der Waals surface area contributed by atoms with Gasteiger partial charge < -0.3 is 14.5 Å². The second-order valence-electron chi connectivity index (χ2n) is 5.39. The lowest BCUT2D eigenvalue weighted by molar-refractivity contribution is -0.141. The van der Waals surface area contributed by atoms with Crippen molar-refractivity contribution in [2.24, 2.45) is 0 Å². The topological polar surface area (TPSA) is 68.5 Å². The first-order valence-corrected chi connectivity index (χ1v) is 7.58. The Balaban J connectivity index is 1.96. The van der Waals surface area contributed by atoms with Gasteiger partial charge in [-0.25, -0.2) is 9.59 Å². The highest BCUT2D eigenvalue weighted by atomic mass is 16.5. The van der Waals surface area contributed by atoms with Crippen molar-refractivity contribution in [3.8, 4) is 0 Å². The molecule has 2 aromatic carbocycles. The molecule has 0 saturated heterocycles. The third-order valence-electron chi connectivity index (χ3n) is 3.75. The number of para-hydroxylation sites is 1. The van der Waals surface area contributed by atoms with Gasteiger partial charge in [0.15, 0.2) is 0 Å². The van der Waals surface area contributed by atoms with Crippen LogP contribution in [0.1, 0.15) is 5.56 Å². The van der Waals surface area contributed by atoms with Gasteiger partial charge in [-0.3, -0.25) is 0 Å². The summed E-state index contributed by atoms with van der Waals surface area (Å²) in [5.41, 5.74) is 1.54. The van der Waals surface area contributed by atoms with Crippen LogP contribution in [0.15, 0.2) is 69.9 Å². The quantitative estimate of drug-likeness (QED) is 0.577. The maximum atomic E-state index is 12.2. The predicted octanol–water partition coefficient (Wildman–Crippen LogP) is 2.99. The number of methoxy groups -OCH3 is 1. The van der Waals surface area contributed by atoms with Crippen LogP contribution in [0, 0.1) is 0 Å². The molecular weight excluding hydrogens is 306 g/mol. The number of hydrogen-bond acceptors (Lipinski definition) is 5. The summed E-state index contributed by atoms with van der Waals surface area (Å²) in [6, 6.07) is 17.5. The van der Waals surface area contributed by atoms with Gasteiger partial charge in [-0.05, 0) is 17.7 Å². The molecule has 0 saturated carbocycles. The fourth-order valence-corrected chi connectivity index (χ4v) is 2.60. The molecule has 1 N–H and O–H groups in total. The van der Waals surface area contributed by atoms with Crippen molar-refractivity contribution in [2.75, 3.05) is 12.4 Å². The van der Waals surface area contributed by atoms with Crippen LogP contribution in [0.2, 0.25) is 0 Å². The van der Waals surface area contributed by atoms with Gasteiger partial charge in [-0.2, -0.15) is 0 Å². The van der Waals surface area contributed by atoms with Crippen molar-refractivity contribution < 1.29 is 13.9 Å². The molecule has 0 aliphatic carbocycles. The maximum Gasteiger partial charge on any atom is 0.338 e. The van der Waals surface area contributed by atoms with E-state index in [9.17, 15) is 9.59 Å². The van der Waals surface area contributed by atoms with Crippen LogP contribution in [-0.2, 0) is 16.0 Å². The number of fused-ring (bicyclic) bond motifs is 1. The van der Waals surface area contributed by atoms with Crippen molar-refractivity contribution in [2.45, 2.75) is 12.5 Å². The smallest absolute Gasteiger partial charge is 0.338 e. The minimum Gasteiger partial charge on any atom is -0.467 e. The van der Waals surface area contributed by atoms with Crippen LogP contribution in [0.5, 0.6) is 0 Å². The molecular formula is C19H17NO4. The van der Waals surface area contributed by atoms with Crippen molar-refractivity contribution in [1.82, 2.24) is 0 Å². The number of carbonyl (C=O) groups excluding carboxylic acids is 1. The molecule has 0 fully saturated rings. The Morgan fingerprint density at radius 3 is 2.58 bits per heavy atom. The highest BCUT2D eigenvalue weighted by Gasteiger charge is 2.21. The second-order valence-corrected chi connectivity index (χ2v) is 5.39. The summed E-state index contributed by atoms with van der Waals surface area (Å²) in [6.07, 6.45) is 0.446. The monoisotopic (exact) mass is 323 g/mol. The number of rotatable bonds is 5. The number of hydrogen-bond donors (Lipinski definition) is 1. The first kappa shape index (κ1) is 15.8. The molecule has 0 amide bonds. The number of anilines is 1. The van der Waals surface area contributed by atoms with E-state index in [1.54, 1.807) is 12.1 Å². The molecule has 0 aliphatic rings. The van der Waals surface area contributed by atoms with E-state index in [1.807, 2.05) is 42.5 Å². The number of benzene rings is 2. The zero-order chi connectivity index (χ0) is 16.9. The lowest BCUT2D eigenvalue weighted by Crippen LogP contribution is -2.33. The highest BCUT2D eigenvalue weighted by Crippen LogP contribution is 2.22. The molecule has 0 radical (unpaired) electrons. The van der Waals surface area contributed by atoms with Gasteiger partial charge in [-0.1, -0.05) is 42.5 Å². The van der Waals surface area contributed by atoms with Gasteiger partial charge in [-0.15, -0.1) is 0 Å². The first-order chi connectivity index (χ1) is 11.7. The molecule has 24 heavy (non-hydrogen) atoms. The Kier molecular flexibility index (Phi) is 4.61. The maximum absolute atomic E-state index is 12.2. The summed E-state index contributed by atoms with van der Waals surface area (Å²) in [5.74, 6) is -0.392. The van der Waals surface area contributed by atoms with Gasteiger partial charge in [0.2, 0.25) is 0 Å². The summed E-state index contributed by atoms with van der Waals surface area (Å²) >= 11 is 0. The van der Waals surface area contributed by atoms with E-state index in [1.165, 1.54) is 13.2 Å². The van der Waals surface area contributed by atoms with Crippen molar-refractivity contribution >= 4 is 22.6 Å². The Morgan fingerprint density at radius 1 is 1.12 bits per heavy atom. The molecule has 5 heteroatoms. The van der Waals surface area contributed by atoms with Gasteiger partial charge in [0, 0.05) is 17.9 Å². The lowest BCUT2D eigenvalue weighted by Gasteiger charge is -2.18. The van der Waals surface area contributed by atoms with Gasteiger partial charge in [0.05, 0.1) is 12.8 Å². The number of nitrogens with one attached hydrogen (secondary N) is 1. The van der Waals surface area contributed by atoms with Crippen LogP contribution >= 0.6 is 0 Å². The fraction of sp³-hybridized carbons (Fsp3) is 0.158. The molecule has 0 unspecified atom stereocenters. The molecule has 1 heterocycles. The summed E-state index contributed by atoms with van der Waals surface area (Å²) in [5, 5.41) is 3.86. The Hall–Kier alpha value is -3.08. The molecule has 122 valence electrons. The van der Waals surface area contributed by atoms with Crippen molar-refractivity contribution in [3.05, 3.63) is 76.6 Å². The van der Waals surface area contributed by atoms with E-state index >= 15 is 0 Å². The molecule has 1 atom stereocenters. The molecule has 3 aromatic rings. The second kappa shape index (κ2) is 7.00. The van der Waals surface area contributed by atoms with Crippen LogP contribution in [0.25, 0.3) is 11.0 Å².